The van der Waals surface area contributed by atoms with Crippen LogP contribution in [-0.2, 0) is 6.42 Å². The van der Waals surface area contributed by atoms with Crippen molar-refractivity contribution in [3.8, 4) is 0 Å². The summed E-state index contributed by atoms with van der Waals surface area (Å²) in [4.78, 5) is 30.1. The lowest BCUT2D eigenvalue weighted by molar-refractivity contribution is -0.384. The van der Waals surface area contributed by atoms with Gasteiger partial charge in [0.2, 0.25) is 5.78 Å². The second-order valence-electron chi connectivity index (χ2n) is 5.88. The van der Waals surface area contributed by atoms with E-state index in [1.54, 1.807) is 12.1 Å². The highest BCUT2D eigenvalue weighted by Crippen LogP contribution is 2.20. The maximum absolute atomic E-state index is 12.5. The first kappa shape index (κ1) is 15.1. The van der Waals surface area contributed by atoms with Gasteiger partial charge in [-0.1, -0.05) is 24.3 Å². The van der Waals surface area contributed by atoms with Crippen LogP contribution in [0.25, 0.3) is 16.8 Å². The van der Waals surface area contributed by atoms with Crippen LogP contribution < -0.4 is 5.56 Å². The van der Waals surface area contributed by atoms with Crippen molar-refractivity contribution < 1.29 is 4.92 Å². The Labute approximate surface area is 141 Å². The molecule has 25 heavy (non-hydrogen) atoms. The van der Waals surface area contributed by atoms with E-state index in [0.29, 0.717) is 17.8 Å². The van der Waals surface area contributed by atoms with Crippen molar-refractivity contribution >= 4 is 22.5 Å². The Morgan fingerprint density at radius 3 is 2.60 bits per heavy atom. The molecule has 0 spiro atoms. The molecule has 0 atom stereocenters. The number of nitro benzene ring substituents is 1. The van der Waals surface area contributed by atoms with Crippen LogP contribution >= 0.6 is 0 Å². The lowest BCUT2D eigenvalue weighted by Crippen LogP contribution is -2.18. The van der Waals surface area contributed by atoms with Gasteiger partial charge in [-0.15, -0.1) is 0 Å². The van der Waals surface area contributed by atoms with E-state index in [-0.39, 0.29) is 11.2 Å². The first-order chi connectivity index (χ1) is 12.0. The van der Waals surface area contributed by atoms with E-state index in [1.807, 2.05) is 35.6 Å². The van der Waals surface area contributed by atoms with Crippen molar-refractivity contribution in [2.45, 2.75) is 13.3 Å². The van der Waals surface area contributed by atoms with E-state index < -0.39 is 4.92 Å². The van der Waals surface area contributed by atoms with Crippen LogP contribution in [0.15, 0.2) is 53.3 Å². The van der Waals surface area contributed by atoms with E-state index >= 15 is 0 Å². The molecule has 0 fully saturated rings. The number of aromatic amines is 1. The Balaban J connectivity index is 1.85. The van der Waals surface area contributed by atoms with Crippen molar-refractivity contribution in [2.75, 3.05) is 0 Å². The highest BCUT2D eigenvalue weighted by molar-refractivity contribution is 5.79. The molecule has 4 aromatic rings. The fraction of sp³-hybridized carbons (Fsp3) is 0.111. The molecule has 2 aromatic carbocycles. The molecule has 0 bridgehead atoms. The van der Waals surface area contributed by atoms with Crippen LogP contribution in [0.2, 0.25) is 0 Å². The normalized spacial score (nSPS) is 11.2. The van der Waals surface area contributed by atoms with Crippen LogP contribution in [0.3, 0.4) is 0 Å². The average molecular weight is 334 g/mol. The number of aryl methyl sites for hydroxylation is 1. The SMILES string of the molecule is Cc1c(Cc2ccc([N+](=O)[O-])cc2)c(=O)[nH]c2nc3ccccc3n12. The topological polar surface area (TPSA) is 93.3 Å². The molecular weight excluding hydrogens is 320 g/mol. The van der Waals surface area contributed by atoms with Crippen LogP contribution in [-0.4, -0.2) is 19.3 Å². The molecule has 0 amide bonds. The molecule has 0 unspecified atom stereocenters. The summed E-state index contributed by atoms with van der Waals surface area (Å²) in [5.41, 5.74) is 3.84. The summed E-state index contributed by atoms with van der Waals surface area (Å²) < 4.78 is 1.93. The lowest BCUT2D eigenvalue weighted by atomic mass is 10.0. The van der Waals surface area contributed by atoms with Gasteiger partial charge in [0.15, 0.2) is 0 Å². The van der Waals surface area contributed by atoms with Gasteiger partial charge in [-0.05, 0) is 24.6 Å². The van der Waals surface area contributed by atoms with E-state index in [0.717, 1.165) is 22.3 Å². The highest BCUT2D eigenvalue weighted by Gasteiger charge is 2.14. The molecule has 4 rings (SSSR count). The fourth-order valence-electron chi connectivity index (χ4n) is 3.07. The second kappa shape index (κ2) is 5.55. The number of hydrogen-bond acceptors (Lipinski definition) is 4. The van der Waals surface area contributed by atoms with Crippen LogP contribution in [0.5, 0.6) is 0 Å². The molecule has 2 heterocycles. The summed E-state index contributed by atoms with van der Waals surface area (Å²) in [6.45, 7) is 1.89. The molecule has 0 saturated carbocycles. The summed E-state index contributed by atoms with van der Waals surface area (Å²) in [5.74, 6) is 0.510. The van der Waals surface area contributed by atoms with E-state index in [2.05, 4.69) is 9.97 Å². The smallest absolute Gasteiger partial charge is 0.269 e. The van der Waals surface area contributed by atoms with Crippen molar-refractivity contribution in [2.24, 2.45) is 0 Å². The Morgan fingerprint density at radius 2 is 1.88 bits per heavy atom. The first-order valence-electron chi connectivity index (χ1n) is 7.77. The number of hydrogen-bond donors (Lipinski definition) is 1. The number of aromatic nitrogens is 3. The Morgan fingerprint density at radius 1 is 1.16 bits per heavy atom. The number of H-pyrrole nitrogens is 1. The number of nitrogens with one attached hydrogen (secondary N) is 1. The molecule has 2 aromatic heterocycles. The Kier molecular flexibility index (Phi) is 3.35. The lowest BCUT2D eigenvalue weighted by Gasteiger charge is -2.08. The zero-order valence-electron chi connectivity index (χ0n) is 13.4. The average Bonchev–Trinajstić information content (AvgIpc) is 2.97. The molecule has 7 heteroatoms. The second-order valence-corrected chi connectivity index (χ2v) is 5.88. The minimum atomic E-state index is -0.439. The van der Waals surface area contributed by atoms with Gasteiger partial charge >= 0.3 is 0 Å². The minimum absolute atomic E-state index is 0.0328. The third-order valence-corrected chi connectivity index (χ3v) is 4.36. The van der Waals surface area contributed by atoms with Crippen molar-refractivity contribution in [1.82, 2.24) is 14.4 Å². The molecule has 0 aliphatic rings. The van der Waals surface area contributed by atoms with Crippen LogP contribution in [0, 0.1) is 17.0 Å². The van der Waals surface area contributed by atoms with Crippen molar-refractivity contribution in [3.63, 3.8) is 0 Å². The number of para-hydroxylation sites is 2. The van der Waals surface area contributed by atoms with Gasteiger partial charge in [-0.25, -0.2) is 4.98 Å². The van der Waals surface area contributed by atoms with Gasteiger partial charge < -0.3 is 0 Å². The maximum atomic E-state index is 12.5. The van der Waals surface area contributed by atoms with E-state index in [9.17, 15) is 14.9 Å². The zero-order valence-corrected chi connectivity index (χ0v) is 13.4. The Hall–Kier alpha value is -3.48. The molecule has 0 saturated heterocycles. The number of nitrogens with zero attached hydrogens (tertiary/aromatic N) is 3. The van der Waals surface area contributed by atoms with Gasteiger partial charge in [0.25, 0.3) is 11.2 Å². The van der Waals surface area contributed by atoms with Gasteiger partial charge in [-0.3, -0.25) is 24.3 Å². The predicted octanol–water partition coefficient (Wildman–Crippen LogP) is 2.98. The first-order valence-corrected chi connectivity index (χ1v) is 7.77. The summed E-state index contributed by atoms with van der Waals surface area (Å²) in [7, 11) is 0. The highest BCUT2D eigenvalue weighted by atomic mass is 16.6. The zero-order chi connectivity index (χ0) is 17.6. The Bertz CT molecular complexity index is 1170. The minimum Gasteiger partial charge on any atom is -0.292 e. The molecule has 0 radical (unpaired) electrons. The molecule has 124 valence electrons. The molecule has 0 aliphatic heterocycles. The van der Waals surface area contributed by atoms with Crippen LogP contribution in [0.4, 0.5) is 5.69 Å². The van der Waals surface area contributed by atoms with E-state index in [1.165, 1.54) is 12.1 Å². The summed E-state index contributed by atoms with van der Waals surface area (Å²) in [6.07, 6.45) is 0.390. The van der Waals surface area contributed by atoms with Crippen molar-refractivity contribution in [3.05, 3.63) is 85.8 Å². The van der Waals surface area contributed by atoms with Gasteiger partial charge in [-0.2, -0.15) is 0 Å². The quantitative estimate of drug-likeness (QED) is 0.460. The molecule has 0 aliphatic carbocycles. The van der Waals surface area contributed by atoms with Gasteiger partial charge in [0, 0.05) is 29.8 Å². The third kappa shape index (κ3) is 2.46. The predicted molar refractivity (Wildman–Crippen MR) is 94.0 cm³/mol. The molecule has 7 nitrogen and oxygen atoms in total. The summed E-state index contributed by atoms with van der Waals surface area (Å²) >= 11 is 0. The number of nitro groups is 1. The number of benzene rings is 2. The number of imidazole rings is 1. The summed E-state index contributed by atoms with van der Waals surface area (Å²) in [5, 5.41) is 10.8. The van der Waals surface area contributed by atoms with Gasteiger partial charge in [0.1, 0.15) is 0 Å². The number of fused-ring (bicyclic) bond motifs is 3. The monoisotopic (exact) mass is 334 g/mol. The van der Waals surface area contributed by atoms with Crippen molar-refractivity contribution in [1.29, 1.82) is 0 Å². The standard InChI is InChI=1S/C18H14N4O3/c1-11-14(10-12-6-8-13(9-7-12)22(24)25)17(23)20-18-19-15-4-2-3-5-16(15)21(11)18/h2-9H,10H2,1H3,(H,19,20,23). The number of rotatable bonds is 3. The fourth-order valence-corrected chi connectivity index (χ4v) is 3.07. The summed E-state index contributed by atoms with van der Waals surface area (Å²) in [6, 6.07) is 13.9. The molecular formula is C18H14N4O3. The van der Waals surface area contributed by atoms with E-state index in [4.69, 9.17) is 0 Å². The largest absolute Gasteiger partial charge is 0.292 e. The molecule has 1 N–H and O–H groups in total. The van der Waals surface area contributed by atoms with Crippen LogP contribution in [0.1, 0.15) is 16.8 Å². The van der Waals surface area contributed by atoms with Gasteiger partial charge in [0.05, 0.1) is 16.0 Å². The maximum Gasteiger partial charge on any atom is 0.269 e. The number of non-ortho nitro benzene ring substituents is 1. The third-order valence-electron chi connectivity index (χ3n) is 4.36.